The Hall–Kier alpha value is -2.06. The van der Waals surface area contributed by atoms with E-state index >= 15 is 0 Å². The van der Waals surface area contributed by atoms with E-state index in [9.17, 15) is 9.90 Å². The topological polar surface area (TPSA) is 92.9 Å². The van der Waals surface area contributed by atoms with E-state index < -0.39 is 0 Å². The van der Waals surface area contributed by atoms with Gasteiger partial charge in [-0.3, -0.25) is 4.79 Å². The number of rotatable bonds is 2. The van der Waals surface area contributed by atoms with Crippen molar-refractivity contribution < 1.29 is 14.6 Å². The predicted molar refractivity (Wildman–Crippen MR) is 72.8 cm³/mol. The van der Waals surface area contributed by atoms with Crippen LogP contribution in [0.2, 0.25) is 0 Å². The lowest BCUT2D eigenvalue weighted by atomic mass is 10.2. The molecule has 0 bridgehead atoms. The van der Waals surface area contributed by atoms with Gasteiger partial charge in [0, 0.05) is 18.4 Å². The molecule has 2 unspecified atom stereocenters. The van der Waals surface area contributed by atoms with Crippen LogP contribution in [0.25, 0.3) is 5.78 Å². The quantitative estimate of drug-likeness (QED) is 0.813. The van der Waals surface area contributed by atoms with Crippen molar-refractivity contribution in [1.82, 2.24) is 24.5 Å². The molecule has 0 aromatic carbocycles. The molecular formula is C13H17N5O3. The van der Waals surface area contributed by atoms with E-state index in [1.165, 1.54) is 0 Å². The van der Waals surface area contributed by atoms with Crippen LogP contribution in [-0.2, 0) is 4.74 Å². The first-order valence-electron chi connectivity index (χ1n) is 6.82. The van der Waals surface area contributed by atoms with Crippen LogP contribution in [0.15, 0.2) is 12.3 Å². The van der Waals surface area contributed by atoms with Crippen molar-refractivity contribution in [2.75, 3.05) is 19.8 Å². The summed E-state index contributed by atoms with van der Waals surface area (Å²) >= 11 is 0. The molecule has 2 aromatic rings. The fourth-order valence-electron chi connectivity index (χ4n) is 2.34. The molecule has 1 amide bonds. The van der Waals surface area contributed by atoms with Gasteiger partial charge in [-0.05, 0) is 19.9 Å². The lowest BCUT2D eigenvalue weighted by Crippen LogP contribution is -2.52. The summed E-state index contributed by atoms with van der Waals surface area (Å²) in [6.45, 7) is 4.37. The maximum absolute atomic E-state index is 12.6. The number of fused-ring (bicyclic) bond motifs is 1. The molecule has 3 heterocycles. The Morgan fingerprint density at radius 3 is 3.10 bits per heavy atom. The summed E-state index contributed by atoms with van der Waals surface area (Å²) in [5.74, 6) is 0.245. The highest BCUT2D eigenvalue weighted by molar-refractivity contribution is 5.91. The van der Waals surface area contributed by atoms with Gasteiger partial charge in [-0.15, -0.1) is 5.10 Å². The van der Waals surface area contributed by atoms with Crippen molar-refractivity contribution in [3.8, 4) is 0 Å². The molecule has 2 aromatic heterocycles. The monoisotopic (exact) mass is 291 g/mol. The number of aliphatic hydroxyl groups excluding tert-OH is 1. The van der Waals surface area contributed by atoms with E-state index in [0.717, 1.165) is 5.69 Å². The molecule has 1 aliphatic heterocycles. The van der Waals surface area contributed by atoms with Crippen LogP contribution in [-0.4, -0.2) is 67.4 Å². The Morgan fingerprint density at radius 1 is 1.57 bits per heavy atom. The fraction of sp³-hybridized carbons (Fsp3) is 0.538. The minimum atomic E-state index is -0.359. The Morgan fingerprint density at radius 2 is 2.38 bits per heavy atom. The highest BCUT2D eigenvalue weighted by atomic mass is 16.5. The van der Waals surface area contributed by atoms with Crippen LogP contribution < -0.4 is 0 Å². The molecule has 3 rings (SSSR count). The zero-order valence-electron chi connectivity index (χ0n) is 11.9. The molecule has 1 aliphatic rings. The minimum Gasteiger partial charge on any atom is -0.394 e. The maximum atomic E-state index is 12.6. The first kappa shape index (κ1) is 13.9. The number of hydrogen-bond acceptors (Lipinski definition) is 6. The summed E-state index contributed by atoms with van der Waals surface area (Å²) in [7, 11) is 0. The zero-order chi connectivity index (χ0) is 15.0. The first-order chi connectivity index (χ1) is 10.1. The Bertz CT molecular complexity index is 671. The molecule has 1 saturated heterocycles. The van der Waals surface area contributed by atoms with Crippen molar-refractivity contribution in [2.24, 2.45) is 0 Å². The van der Waals surface area contributed by atoms with Crippen LogP contribution in [0.5, 0.6) is 0 Å². The van der Waals surface area contributed by atoms with E-state index in [0.29, 0.717) is 18.9 Å². The summed E-state index contributed by atoms with van der Waals surface area (Å²) in [6, 6.07) is 1.72. The Balaban J connectivity index is 1.90. The predicted octanol–water partition coefficient (Wildman–Crippen LogP) is -0.345. The van der Waals surface area contributed by atoms with Gasteiger partial charge in [0.05, 0.1) is 25.4 Å². The molecule has 1 N–H and O–H groups in total. The lowest BCUT2D eigenvalue weighted by molar-refractivity contribution is -0.0670. The number of carbonyl (C=O) groups is 1. The van der Waals surface area contributed by atoms with E-state index in [1.807, 2.05) is 13.8 Å². The van der Waals surface area contributed by atoms with Gasteiger partial charge in [-0.2, -0.15) is 4.98 Å². The van der Waals surface area contributed by atoms with Gasteiger partial charge < -0.3 is 14.7 Å². The van der Waals surface area contributed by atoms with E-state index in [1.54, 1.807) is 21.7 Å². The lowest BCUT2D eigenvalue weighted by Gasteiger charge is -2.36. The van der Waals surface area contributed by atoms with Gasteiger partial charge in [-0.25, -0.2) is 9.50 Å². The van der Waals surface area contributed by atoms with Crippen molar-refractivity contribution in [1.29, 1.82) is 0 Å². The van der Waals surface area contributed by atoms with Gasteiger partial charge in [0.2, 0.25) is 5.82 Å². The number of aliphatic hydroxyl groups is 1. The van der Waals surface area contributed by atoms with Gasteiger partial charge in [-0.1, -0.05) is 0 Å². The van der Waals surface area contributed by atoms with Crippen LogP contribution in [0.3, 0.4) is 0 Å². The number of hydrogen-bond donors (Lipinski definition) is 1. The molecule has 112 valence electrons. The first-order valence-corrected chi connectivity index (χ1v) is 6.82. The molecular weight excluding hydrogens is 274 g/mol. The number of ether oxygens (including phenoxy) is 1. The van der Waals surface area contributed by atoms with E-state index in [2.05, 4.69) is 15.1 Å². The Labute approximate surface area is 121 Å². The molecule has 0 saturated carbocycles. The largest absolute Gasteiger partial charge is 0.394 e. The number of nitrogens with zero attached hydrogens (tertiary/aromatic N) is 5. The van der Waals surface area contributed by atoms with E-state index in [-0.39, 0.29) is 30.5 Å². The molecule has 0 aliphatic carbocycles. The molecule has 0 radical (unpaired) electrons. The number of amides is 1. The molecule has 1 fully saturated rings. The number of aryl methyl sites for hydroxylation is 1. The summed E-state index contributed by atoms with van der Waals surface area (Å²) in [5.41, 5.74) is 0.856. The van der Waals surface area contributed by atoms with Crippen molar-refractivity contribution >= 4 is 11.7 Å². The maximum Gasteiger partial charge on any atom is 0.294 e. The highest BCUT2D eigenvalue weighted by Crippen LogP contribution is 2.14. The number of morpholine rings is 1. The zero-order valence-corrected chi connectivity index (χ0v) is 11.9. The number of aromatic nitrogens is 4. The van der Waals surface area contributed by atoms with Gasteiger partial charge >= 0.3 is 0 Å². The van der Waals surface area contributed by atoms with Gasteiger partial charge in [0.25, 0.3) is 11.7 Å². The van der Waals surface area contributed by atoms with Crippen LogP contribution in [0.4, 0.5) is 0 Å². The SMILES string of the molecule is Cc1ccnc2nc(C(=O)N3CC(CO)OCC3C)nn12. The van der Waals surface area contributed by atoms with Gasteiger partial charge in [0.15, 0.2) is 0 Å². The minimum absolute atomic E-state index is 0.0824. The standard InChI is InChI=1S/C13H17N5O3/c1-8-3-4-14-13-15-11(16-18(8)13)12(20)17-5-10(6-19)21-7-9(17)2/h3-4,9-10,19H,5-7H2,1-2H3. The summed E-state index contributed by atoms with van der Waals surface area (Å²) < 4.78 is 6.97. The molecule has 8 heteroatoms. The summed E-state index contributed by atoms with van der Waals surface area (Å²) in [5, 5.41) is 13.4. The molecule has 8 nitrogen and oxygen atoms in total. The second-order valence-electron chi connectivity index (χ2n) is 5.18. The third-order valence-corrected chi connectivity index (χ3v) is 3.59. The molecule has 2 atom stereocenters. The molecule has 0 spiro atoms. The average molecular weight is 291 g/mol. The third-order valence-electron chi connectivity index (χ3n) is 3.59. The second kappa shape index (κ2) is 5.38. The van der Waals surface area contributed by atoms with Crippen molar-refractivity contribution in [2.45, 2.75) is 26.0 Å². The van der Waals surface area contributed by atoms with Crippen LogP contribution in [0.1, 0.15) is 23.2 Å². The fourth-order valence-corrected chi connectivity index (χ4v) is 2.34. The Kier molecular flexibility index (Phi) is 3.56. The van der Waals surface area contributed by atoms with Crippen LogP contribution >= 0.6 is 0 Å². The normalized spacial score (nSPS) is 22.7. The van der Waals surface area contributed by atoms with Crippen molar-refractivity contribution in [3.05, 3.63) is 23.8 Å². The smallest absolute Gasteiger partial charge is 0.294 e. The third kappa shape index (κ3) is 2.47. The highest BCUT2D eigenvalue weighted by Gasteiger charge is 2.32. The van der Waals surface area contributed by atoms with Gasteiger partial charge in [0.1, 0.15) is 0 Å². The summed E-state index contributed by atoms with van der Waals surface area (Å²) in [6.07, 6.45) is 1.27. The molecule has 21 heavy (non-hydrogen) atoms. The van der Waals surface area contributed by atoms with Crippen molar-refractivity contribution in [3.63, 3.8) is 0 Å². The average Bonchev–Trinajstić information content (AvgIpc) is 2.93. The van der Waals surface area contributed by atoms with Crippen LogP contribution in [0, 0.1) is 6.92 Å². The number of carbonyl (C=O) groups excluding carboxylic acids is 1. The second-order valence-corrected chi connectivity index (χ2v) is 5.18. The van der Waals surface area contributed by atoms with E-state index in [4.69, 9.17) is 4.74 Å². The summed E-state index contributed by atoms with van der Waals surface area (Å²) in [4.78, 5) is 22.5.